The summed E-state index contributed by atoms with van der Waals surface area (Å²) in [5, 5.41) is 0. The van der Waals surface area contributed by atoms with E-state index < -0.39 is 9.05 Å². The zero-order valence-electron chi connectivity index (χ0n) is 10.4. The van der Waals surface area contributed by atoms with Crippen molar-refractivity contribution in [2.75, 3.05) is 6.61 Å². The summed E-state index contributed by atoms with van der Waals surface area (Å²) in [7, 11) is 1.76. The Morgan fingerprint density at radius 2 is 2.11 bits per heavy atom. The standard InChI is InChI=1S/C13H17ClO3S/c1-10-5-6-13(17-8-11-3-2-4-11)12(7-10)9-18(14,15)16/h5-7,11H,2-4,8-9H2,1H3. The number of hydrogen-bond acceptors (Lipinski definition) is 3. The molecule has 0 N–H and O–H groups in total. The second-order valence-electron chi connectivity index (χ2n) is 4.90. The number of rotatable bonds is 5. The average molecular weight is 289 g/mol. The molecule has 3 nitrogen and oxygen atoms in total. The van der Waals surface area contributed by atoms with Crippen LogP contribution in [0.2, 0.25) is 0 Å². The average Bonchev–Trinajstić information content (AvgIpc) is 2.16. The first-order valence-corrected chi connectivity index (χ1v) is 8.56. The fourth-order valence-corrected chi connectivity index (χ4v) is 2.96. The summed E-state index contributed by atoms with van der Waals surface area (Å²) < 4.78 is 28.1. The van der Waals surface area contributed by atoms with E-state index in [0.717, 1.165) is 5.56 Å². The minimum Gasteiger partial charge on any atom is -0.493 e. The third-order valence-corrected chi connectivity index (χ3v) is 4.23. The molecule has 1 aliphatic carbocycles. The highest BCUT2D eigenvalue weighted by molar-refractivity contribution is 8.13. The largest absolute Gasteiger partial charge is 0.493 e. The van der Waals surface area contributed by atoms with E-state index in [1.807, 2.05) is 25.1 Å². The molecule has 100 valence electrons. The Labute approximate surface area is 113 Å². The molecule has 1 aliphatic rings. The van der Waals surface area contributed by atoms with E-state index in [2.05, 4.69) is 0 Å². The SMILES string of the molecule is Cc1ccc(OCC2CCC2)c(CS(=O)(=O)Cl)c1. The van der Waals surface area contributed by atoms with Gasteiger partial charge in [0.2, 0.25) is 9.05 Å². The summed E-state index contributed by atoms with van der Waals surface area (Å²) in [4.78, 5) is 0. The van der Waals surface area contributed by atoms with Gasteiger partial charge in [0, 0.05) is 16.2 Å². The lowest BCUT2D eigenvalue weighted by Crippen LogP contribution is -2.19. The Balaban J connectivity index is 2.11. The molecule has 1 saturated carbocycles. The summed E-state index contributed by atoms with van der Waals surface area (Å²) >= 11 is 0. The summed E-state index contributed by atoms with van der Waals surface area (Å²) in [5.41, 5.74) is 1.64. The topological polar surface area (TPSA) is 43.4 Å². The lowest BCUT2D eigenvalue weighted by Gasteiger charge is -2.25. The van der Waals surface area contributed by atoms with E-state index in [0.29, 0.717) is 23.8 Å². The van der Waals surface area contributed by atoms with Crippen LogP contribution in [0.25, 0.3) is 0 Å². The first-order chi connectivity index (χ1) is 8.44. The number of benzene rings is 1. The Morgan fingerprint density at radius 1 is 1.39 bits per heavy atom. The summed E-state index contributed by atoms with van der Waals surface area (Å²) in [6, 6.07) is 5.56. The molecule has 0 heterocycles. The molecule has 0 bridgehead atoms. The van der Waals surface area contributed by atoms with Gasteiger partial charge in [0.1, 0.15) is 5.75 Å². The van der Waals surface area contributed by atoms with Crippen LogP contribution in [-0.2, 0) is 14.8 Å². The normalized spacial score (nSPS) is 16.3. The van der Waals surface area contributed by atoms with E-state index in [1.54, 1.807) is 0 Å². The molecule has 2 rings (SSSR count). The molecule has 0 spiro atoms. The van der Waals surface area contributed by atoms with Crippen molar-refractivity contribution in [3.05, 3.63) is 29.3 Å². The van der Waals surface area contributed by atoms with Gasteiger partial charge in [-0.2, -0.15) is 0 Å². The van der Waals surface area contributed by atoms with Crippen molar-refractivity contribution < 1.29 is 13.2 Å². The van der Waals surface area contributed by atoms with Crippen molar-refractivity contribution in [1.29, 1.82) is 0 Å². The fourth-order valence-electron chi connectivity index (χ4n) is 2.01. The number of halogens is 1. The zero-order chi connectivity index (χ0) is 13.2. The molecule has 5 heteroatoms. The van der Waals surface area contributed by atoms with E-state index in [1.165, 1.54) is 19.3 Å². The Morgan fingerprint density at radius 3 is 2.67 bits per heavy atom. The molecule has 1 fully saturated rings. The number of hydrogen-bond donors (Lipinski definition) is 0. The van der Waals surface area contributed by atoms with Crippen molar-refractivity contribution in [1.82, 2.24) is 0 Å². The van der Waals surface area contributed by atoms with Crippen molar-refractivity contribution in [2.45, 2.75) is 31.9 Å². The number of aryl methyl sites for hydroxylation is 1. The van der Waals surface area contributed by atoms with Gasteiger partial charge in [0.15, 0.2) is 0 Å². The van der Waals surface area contributed by atoms with E-state index >= 15 is 0 Å². The summed E-state index contributed by atoms with van der Waals surface area (Å²) in [5.74, 6) is 1.07. The summed E-state index contributed by atoms with van der Waals surface area (Å²) in [6.07, 6.45) is 3.68. The Hall–Kier alpha value is -0.740. The highest BCUT2D eigenvalue weighted by Crippen LogP contribution is 2.29. The van der Waals surface area contributed by atoms with E-state index in [-0.39, 0.29) is 5.75 Å². The highest BCUT2D eigenvalue weighted by Gasteiger charge is 2.19. The molecule has 0 amide bonds. The molecule has 0 unspecified atom stereocenters. The predicted molar refractivity (Wildman–Crippen MR) is 72.5 cm³/mol. The maximum atomic E-state index is 11.2. The third kappa shape index (κ3) is 3.89. The van der Waals surface area contributed by atoms with Crippen molar-refractivity contribution in [2.24, 2.45) is 5.92 Å². The molecule has 1 aromatic rings. The molecular weight excluding hydrogens is 272 g/mol. The molecule has 1 aromatic carbocycles. The van der Waals surface area contributed by atoms with Crippen LogP contribution in [0.5, 0.6) is 5.75 Å². The van der Waals surface area contributed by atoms with Crippen LogP contribution >= 0.6 is 10.7 Å². The second-order valence-corrected chi connectivity index (χ2v) is 7.68. The summed E-state index contributed by atoms with van der Waals surface area (Å²) in [6.45, 7) is 2.58. The van der Waals surface area contributed by atoms with E-state index in [4.69, 9.17) is 15.4 Å². The van der Waals surface area contributed by atoms with Crippen molar-refractivity contribution >= 4 is 19.7 Å². The Bertz CT molecular complexity index is 521. The first kappa shape index (κ1) is 13.7. The molecule has 18 heavy (non-hydrogen) atoms. The van der Waals surface area contributed by atoms with Gasteiger partial charge in [-0.15, -0.1) is 0 Å². The van der Waals surface area contributed by atoms with Gasteiger partial charge >= 0.3 is 0 Å². The quantitative estimate of drug-likeness (QED) is 0.781. The molecule has 0 saturated heterocycles. The highest BCUT2D eigenvalue weighted by atomic mass is 35.7. The van der Waals surface area contributed by atoms with Gasteiger partial charge in [-0.05, 0) is 31.7 Å². The first-order valence-electron chi connectivity index (χ1n) is 6.09. The van der Waals surface area contributed by atoms with Crippen LogP contribution in [0.4, 0.5) is 0 Å². The monoisotopic (exact) mass is 288 g/mol. The van der Waals surface area contributed by atoms with Gasteiger partial charge in [-0.25, -0.2) is 8.42 Å². The third-order valence-electron chi connectivity index (χ3n) is 3.24. The molecular formula is C13H17ClO3S. The van der Waals surface area contributed by atoms with Gasteiger partial charge in [-0.3, -0.25) is 0 Å². The van der Waals surface area contributed by atoms with Crippen LogP contribution in [-0.4, -0.2) is 15.0 Å². The van der Waals surface area contributed by atoms with Gasteiger partial charge in [-0.1, -0.05) is 24.1 Å². The molecule has 0 radical (unpaired) electrons. The van der Waals surface area contributed by atoms with Crippen molar-refractivity contribution in [3.8, 4) is 5.75 Å². The Kier molecular flexibility index (Phi) is 4.17. The molecule has 0 aromatic heterocycles. The minimum absolute atomic E-state index is 0.184. The zero-order valence-corrected chi connectivity index (χ0v) is 11.9. The molecule has 0 atom stereocenters. The van der Waals surface area contributed by atoms with Gasteiger partial charge in [0.25, 0.3) is 0 Å². The van der Waals surface area contributed by atoms with Crippen LogP contribution in [0.3, 0.4) is 0 Å². The van der Waals surface area contributed by atoms with Crippen LogP contribution in [0.1, 0.15) is 30.4 Å². The lowest BCUT2D eigenvalue weighted by atomic mass is 9.86. The lowest BCUT2D eigenvalue weighted by molar-refractivity contribution is 0.179. The fraction of sp³-hybridized carbons (Fsp3) is 0.538. The smallest absolute Gasteiger partial charge is 0.236 e. The van der Waals surface area contributed by atoms with Gasteiger partial charge in [0.05, 0.1) is 12.4 Å². The second kappa shape index (κ2) is 5.49. The maximum absolute atomic E-state index is 11.2. The van der Waals surface area contributed by atoms with Crippen LogP contribution in [0, 0.1) is 12.8 Å². The predicted octanol–water partition coefficient (Wildman–Crippen LogP) is 3.24. The van der Waals surface area contributed by atoms with Crippen LogP contribution in [0.15, 0.2) is 18.2 Å². The minimum atomic E-state index is -3.55. The van der Waals surface area contributed by atoms with Gasteiger partial charge < -0.3 is 4.74 Å². The van der Waals surface area contributed by atoms with Crippen molar-refractivity contribution in [3.63, 3.8) is 0 Å². The van der Waals surface area contributed by atoms with Crippen LogP contribution < -0.4 is 4.74 Å². The number of ether oxygens (including phenoxy) is 1. The van der Waals surface area contributed by atoms with E-state index in [9.17, 15) is 8.42 Å². The maximum Gasteiger partial charge on any atom is 0.236 e. The molecule has 0 aliphatic heterocycles.